The van der Waals surface area contributed by atoms with Crippen molar-refractivity contribution in [3.05, 3.63) is 56.9 Å². The Labute approximate surface area is 213 Å². The lowest BCUT2D eigenvalue weighted by Crippen LogP contribution is -2.32. The average molecular weight is 520 g/mol. The van der Waals surface area contributed by atoms with Crippen LogP contribution in [0.5, 0.6) is 17.2 Å². The van der Waals surface area contributed by atoms with E-state index in [9.17, 15) is 14.4 Å². The number of imide groups is 1. The first-order valence-electron chi connectivity index (χ1n) is 10.8. The highest BCUT2D eigenvalue weighted by atomic mass is 35.5. The molecule has 35 heavy (non-hydrogen) atoms. The molecule has 2 amide bonds. The number of benzene rings is 2. The molecule has 1 aliphatic rings. The molecule has 8 nitrogen and oxygen atoms in total. The number of aryl methyl sites for hydroxylation is 2. The number of hydrogen-bond donors (Lipinski definition) is 0. The number of halogens is 1. The lowest BCUT2D eigenvalue weighted by Gasteiger charge is -2.15. The number of carbonyl (C=O) groups is 3. The predicted octanol–water partition coefficient (Wildman–Crippen LogP) is 5.02. The maximum Gasteiger partial charge on any atom is 0.343 e. The normalized spacial score (nSPS) is 14.4. The van der Waals surface area contributed by atoms with Crippen molar-refractivity contribution >= 4 is 46.6 Å². The molecule has 0 aromatic heterocycles. The minimum absolute atomic E-state index is 0.126. The maximum absolute atomic E-state index is 12.9. The fourth-order valence-electron chi connectivity index (χ4n) is 3.22. The number of methoxy groups -OCH3 is 1. The van der Waals surface area contributed by atoms with E-state index in [1.807, 2.05) is 32.0 Å². The van der Waals surface area contributed by atoms with Gasteiger partial charge in [-0.3, -0.25) is 14.5 Å². The van der Waals surface area contributed by atoms with E-state index < -0.39 is 11.9 Å². The Bertz CT molecular complexity index is 1160. The van der Waals surface area contributed by atoms with Gasteiger partial charge >= 0.3 is 5.97 Å². The highest BCUT2D eigenvalue weighted by Gasteiger charge is 2.35. The smallest absolute Gasteiger partial charge is 0.343 e. The van der Waals surface area contributed by atoms with Crippen LogP contribution in [0.15, 0.2) is 35.2 Å². The molecule has 186 valence electrons. The minimum atomic E-state index is -0.567. The fraction of sp³-hybridized carbons (Fsp3) is 0.320. The summed E-state index contributed by atoms with van der Waals surface area (Å²) in [5.41, 5.74) is 2.58. The molecule has 2 aromatic carbocycles. The van der Waals surface area contributed by atoms with Crippen LogP contribution in [0.1, 0.15) is 23.6 Å². The Morgan fingerprint density at radius 1 is 1.09 bits per heavy atom. The molecule has 0 atom stereocenters. The van der Waals surface area contributed by atoms with Crippen molar-refractivity contribution in [3.8, 4) is 17.2 Å². The summed E-state index contributed by atoms with van der Waals surface area (Å²) in [6, 6.07) is 9.06. The third-order valence-electron chi connectivity index (χ3n) is 4.98. The van der Waals surface area contributed by atoms with Crippen LogP contribution in [0, 0.1) is 13.8 Å². The van der Waals surface area contributed by atoms with Crippen LogP contribution in [-0.2, 0) is 14.3 Å². The van der Waals surface area contributed by atoms with Crippen LogP contribution in [0.3, 0.4) is 0 Å². The number of rotatable bonds is 10. The van der Waals surface area contributed by atoms with E-state index in [0.29, 0.717) is 17.9 Å². The van der Waals surface area contributed by atoms with E-state index in [1.54, 1.807) is 25.1 Å². The molecule has 0 N–H and O–H groups in total. The molecule has 1 heterocycles. The second kappa shape index (κ2) is 12.0. The average Bonchev–Trinajstić information content (AvgIpc) is 3.08. The van der Waals surface area contributed by atoms with E-state index in [-0.39, 0.29) is 40.7 Å². The zero-order valence-electron chi connectivity index (χ0n) is 19.9. The van der Waals surface area contributed by atoms with Crippen LogP contribution >= 0.6 is 23.4 Å². The predicted molar refractivity (Wildman–Crippen MR) is 134 cm³/mol. The third kappa shape index (κ3) is 6.70. The van der Waals surface area contributed by atoms with E-state index in [4.69, 9.17) is 25.8 Å². The van der Waals surface area contributed by atoms with E-state index >= 15 is 0 Å². The molecule has 0 unspecified atom stereocenters. The van der Waals surface area contributed by atoms with Gasteiger partial charge in [-0.15, -0.1) is 0 Å². The molecule has 3 rings (SSSR count). The van der Waals surface area contributed by atoms with Gasteiger partial charge < -0.3 is 18.9 Å². The number of amides is 2. The molecular weight excluding hydrogens is 494 g/mol. The summed E-state index contributed by atoms with van der Waals surface area (Å²) in [7, 11) is 1.25. The zero-order valence-corrected chi connectivity index (χ0v) is 21.5. The number of ether oxygens (including phenoxy) is 4. The molecule has 0 radical (unpaired) electrons. The fourth-order valence-corrected chi connectivity index (χ4v) is 4.36. The quantitative estimate of drug-likeness (QED) is 0.319. The molecule has 1 fully saturated rings. The lowest BCUT2D eigenvalue weighted by molar-refractivity contribution is -0.142. The number of carbonyl (C=O) groups excluding carboxylic acids is 3. The summed E-state index contributed by atoms with van der Waals surface area (Å²) in [5, 5.41) is -0.188. The Morgan fingerprint density at radius 2 is 1.86 bits per heavy atom. The van der Waals surface area contributed by atoms with Crippen molar-refractivity contribution in [2.75, 3.05) is 33.5 Å². The van der Waals surface area contributed by atoms with Crippen LogP contribution in [0.4, 0.5) is 4.79 Å². The van der Waals surface area contributed by atoms with Crippen molar-refractivity contribution < 1.29 is 33.3 Å². The van der Waals surface area contributed by atoms with Gasteiger partial charge in [0.25, 0.3) is 11.1 Å². The molecule has 2 aromatic rings. The van der Waals surface area contributed by atoms with E-state index in [1.165, 1.54) is 7.11 Å². The van der Waals surface area contributed by atoms with E-state index in [0.717, 1.165) is 33.5 Å². The van der Waals surface area contributed by atoms with Crippen LogP contribution < -0.4 is 14.2 Å². The van der Waals surface area contributed by atoms with Gasteiger partial charge in [0, 0.05) is 0 Å². The Kier molecular flexibility index (Phi) is 9.06. The van der Waals surface area contributed by atoms with Crippen molar-refractivity contribution in [2.45, 2.75) is 20.8 Å². The number of nitrogens with zero attached hydrogens (tertiary/aromatic N) is 1. The molecule has 0 aliphatic carbocycles. The second-order valence-corrected chi connectivity index (χ2v) is 8.98. The highest BCUT2D eigenvalue weighted by molar-refractivity contribution is 8.18. The molecule has 0 saturated carbocycles. The van der Waals surface area contributed by atoms with Gasteiger partial charge in [-0.05, 0) is 73.5 Å². The van der Waals surface area contributed by atoms with Crippen molar-refractivity contribution in [1.82, 2.24) is 4.90 Å². The largest absolute Gasteiger partial charge is 0.491 e. The third-order valence-corrected chi connectivity index (χ3v) is 6.17. The number of esters is 1. The van der Waals surface area contributed by atoms with Crippen molar-refractivity contribution in [1.29, 1.82) is 0 Å². The minimum Gasteiger partial charge on any atom is -0.491 e. The van der Waals surface area contributed by atoms with Gasteiger partial charge in [-0.25, -0.2) is 4.79 Å². The zero-order chi connectivity index (χ0) is 25.5. The standard InChI is InChI=1S/C25H26ClNO7S/c1-5-32-20-12-17(11-18(26)23(20)34-14-22(28)31-4)13-21-24(29)27(25(30)35-21)8-9-33-19-10-15(2)6-7-16(19)3/h6-7,10-13H,5,8-9,14H2,1-4H3/b21-13-. The number of thioether (sulfide) groups is 1. The monoisotopic (exact) mass is 519 g/mol. The van der Waals surface area contributed by atoms with Crippen molar-refractivity contribution in [2.24, 2.45) is 0 Å². The first-order valence-corrected chi connectivity index (χ1v) is 12.0. The molecule has 1 aliphatic heterocycles. The molecule has 0 bridgehead atoms. The van der Waals surface area contributed by atoms with Gasteiger partial charge in [0.1, 0.15) is 12.4 Å². The first-order chi connectivity index (χ1) is 16.7. The molecule has 10 heteroatoms. The number of hydrogen-bond acceptors (Lipinski definition) is 8. The summed E-state index contributed by atoms with van der Waals surface area (Å²) in [5.74, 6) is 0.233. The second-order valence-electron chi connectivity index (χ2n) is 7.58. The summed E-state index contributed by atoms with van der Waals surface area (Å²) in [6.07, 6.45) is 1.56. The Balaban J connectivity index is 1.73. The first kappa shape index (κ1) is 26.4. The summed E-state index contributed by atoms with van der Waals surface area (Å²) < 4.78 is 21.4. The molecule has 1 saturated heterocycles. The molecular formula is C25H26ClNO7S. The summed E-state index contributed by atoms with van der Waals surface area (Å²) >= 11 is 7.20. The van der Waals surface area contributed by atoms with Gasteiger partial charge in [-0.1, -0.05) is 23.7 Å². The lowest BCUT2D eigenvalue weighted by atomic mass is 10.1. The van der Waals surface area contributed by atoms with Crippen LogP contribution in [0.2, 0.25) is 5.02 Å². The molecule has 0 spiro atoms. The van der Waals surface area contributed by atoms with Crippen molar-refractivity contribution in [3.63, 3.8) is 0 Å². The SMILES string of the molecule is CCOc1cc(/C=C2\SC(=O)N(CCOc3cc(C)ccc3C)C2=O)cc(Cl)c1OCC(=O)OC. The van der Waals surface area contributed by atoms with E-state index in [2.05, 4.69) is 4.74 Å². The van der Waals surface area contributed by atoms with Crippen LogP contribution in [0.25, 0.3) is 6.08 Å². The van der Waals surface area contributed by atoms with Gasteiger partial charge in [0.05, 0.1) is 30.2 Å². The highest BCUT2D eigenvalue weighted by Crippen LogP contribution is 2.39. The maximum atomic E-state index is 12.9. The Morgan fingerprint density at radius 3 is 2.57 bits per heavy atom. The summed E-state index contributed by atoms with van der Waals surface area (Å²) in [6.45, 7) is 5.99. The topological polar surface area (TPSA) is 91.4 Å². The summed E-state index contributed by atoms with van der Waals surface area (Å²) in [4.78, 5) is 38.2. The van der Waals surface area contributed by atoms with Crippen LogP contribution in [-0.4, -0.2) is 55.5 Å². The van der Waals surface area contributed by atoms with Gasteiger partial charge in [-0.2, -0.15) is 0 Å². The Hall–Kier alpha value is -3.17. The van der Waals surface area contributed by atoms with Gasteiger partial charge in [0.15, 0.2) is 18.1 Å². The van der Waals surface area contributed by atoms with Gasteiger partial charge in [0.2, 0.25) is 0 Å².